The van der Waals surface area contributed by atoms with Crippen molar-refractivity contribution in [2.75, 3.05) is 0 Å². The quantitative estimate of drug-likeness (QED) is 0.114. The molecule has 17 aromatic carbocycles. The average molecular weight is 1560 g/mol. The number of benzene rings is 17. The maximum atomic E-state index is 5.56. The third kappa shape index (κ3) is 12.9. The van der Waals surface area contributed by atoms with Crippen molar-refractivity contribution in [3.8, 4) is 156 Å². The molecule has 0 saturated carbocycles. The average Bonchev–Trinajstić information content (AvgIpc) is 1.13. The van der Waals surface area contributed by atoms with Crippen LogP contribution in [0, 0.1) is 0 Å². The van der Waals surface area contributed by atoms with Crippen molar-refractivity contribution < 1.29 is 0 Å². The molecule has 574 valence electrons. The maximum Gasteiger partial charge on any atom is 0.0794 e. The van der Waals surface area contributed by atoms with E-state index in [1.807, 2.05) is 12.1 Å². The van der Waals surface area contributed by atoms with Gasteiger partial charge in [0.15, 0.2) is 0 Å². The second kappa shape index (κ2) is 29.9. The molecule has 0 radical (unpaired) electrons. The Balaban J connectivity index is 0.000000146. The highest BCUT2D eigenvalue weighted by molar-refractivity contribution is 6.18. The topological polar surface area (TPSA) is 51.6 Å². The Hall–Kier alpha value is -15.4. The highest BCUT2D eigenvalue weighted by Gasteiger charge is 2.37. The standard InChI is InChI=1S/C60H40N2.C58H42N2/c1-5-15-41(16-6-1)44-25-29-46(30-26-44)54-39-56-55(47-31-27-45(28-32-47)42-17-7-2-8-18-42)40-59(62-60(56)53-24-14-13-23-52(53)54)50-35-33-49(34-36-50)58-38-51(43-19-9-3-10-20-43)37-57(61-58)48-21-11-4-12-22-48;1-57(2)49-18-10-8-15-41(49)43-28-25-38(31-51(43)57)46-33-48-47(39-26-29-44-42-16-9-11-19-50(42)58(3,4)52(44)32-39)34-55(60-56(48)45-17-7-6-14-40(45)46)37-23-21-36(22-24-37)54-30-27-35-13-5-12-20-53(35)59-54/h1-40H;5-34H,1-4H3. The molecule has 0 amide bonds. The molecule has 4 heterocycles. The van der Waals surface area contributed by atoms with Crippen molar-refractivity contribution in [2.24, 2.45) is 0 Å². The van der Waals surface area contributed by atoms with Crippen LogP contribution in [-0.2, 0) is 10.8 Å². The molecular formula is C118H82N4. The molecule has 0 fully saturated rings. The van der Waals surface area contributed by atoms with Crippen molar-refractivity contribution in [1.82, 2.24) is 19.9 Å². The number of rotatable bonds is 12. The predicted octanol–water partition coefficient (Wildman–Crippen LogP) is 31.3. The van der Waals surface area contributed by atoms with Gasteiger partial charge in [-0.15, -0.1) is 0 Å². The molecule has 2 aliphatic rings. The van der Waals surface area contributed by atoms with Gasteiger partial charge in [-0.3, -0.25) is 0 Å². The molecule has 21 aromatic rings. The Morgan fingerprint density at radius 1 is 0.156 bits per heavy atom. The monoisotopic (exact) mass is 1550 g/mol. The third-order valence-corrected chi connectivity index (χ3v) is 25.6. The molecule has 2 aliphatic carbocycles. The van der Waals surface area contributed by atoms with E-state index in [-0.39, 0.29) is 10.8 Å². The van der Waals surface area contributed by atoms with E-state index < -0.39 is 0 Å². The van der Waals surface area contributed by atoms with Gasteiger partial charge in [0.25, 0.3) is 0 Å². The van der Waals surface area contributed by atoms with Crippen molar-refractivity contribution >= 4 is 54.3 Å². The number of para-hydroxylation sites is 1. The first kappa shape index (κ1) is 73.0. The van der Waals surface area contributed by atoms with Crippen molar-refractivity contribution in [3.63, 3.8) is 0 Å². The lowest BCUT2D eigenvalue weighted by molar-refractivity contribution is 0.660. The van der Waals surface area contributed by atoms with E-state index >= 15 is 0 Å². The zero-order chi connectivity index (χ0) is 81.6. The van der Waals surface area contributed by atoms with Crippen molar-refractivity contribution in [3.05, 3.63) is 447 Å². The summed E-state index contributed by atoms with van der Waals surface area (Å²) in [5, 5.41) is 8.08. The highest BCUT2D eigenvalue weighted by atomic mass is 14.7. The molecule has 0 saturated heterocycles. The molecule has 0 spiro atoms. The van der Waals surface area contributed by atoms with E-state index in [9.17, 15) is 0 Å². The Morgan fingerprint density at radius 3 is 0.918 bits per heavy atom. The molecule has 122 heavy (non-hydrogen) atoms. The van der Waals surface area contributed by atoms with Gasteiger partial charge in [0, 0.05) is 65.6 Å². The fraction of sp³-hybridized carbons (Fsp3) is 0.0508. The first-order valence-corrected chi connectivity index (χ1v) is 42.2. The minimum absolute atomic E-state index is 0.0923. The van der Waals surface area contributed by atoms with Crippen LogP contribution in [0.15, 0.2) is 425 Å². The highest BCUT2D eigenvalue weighted by Crippen LogP contribution is 2.54. The van der Waals surface area contributed by atoms with Crippen LogP contribution in [0.25, 0.3) is 211 Å². The van der Waals surface area contributed by atoms with Crippen LogP contribution >= 0.6 is 0 Å². The summed E-state index contributed by atoms with van der Waals surface area (Å²) in [5.41, 5.74) is 40.3. The smallest absolute Gasteiger partial charge is 0.0794 e. The Kier molecular flexibility index (Phi) is 17.9. The van der Waals surface area contributed by atoms with Crippen LogP contribution in [0.4, 0.5) is 0 Å². The number of aromatic nitrogens is 4. The van der Waals surface area contributed by atoms with Crippen molar-refractivity contribution in [1.29, 1.82) is 0 Å². The van der Waals surface area contributed by atoms with E-state index in [4.69, 9.17) is 19.9 Å². The van der Waals surface area contributed by atoms with Crippen LogP contribution in [0.2, 0.25) is 0 Å². The fourth-order valence-electron chi connectivity index (χ4n) is 19.1. The minimum Gasteiger partial charge on any atom is -0.248 e. The van der Waals surface area contributed by atoms with Gasteiger partial charge in [-0.05, 0) is 194 Å². The number of hydrogen-bond donors (Lipinski definition) is 0. The molecule has 0 bridgehead atoms. The summed E-state index contributed by atoms with van der Waals surface area (Å²) in [6, 6.07) is 153. The summed E-state index contributed by atoms with van der Waals surface area (Å²) >= 11 is 0. The zero-order valence-electron chi connectivity index (χ0n) is 68.2. The van der Waals surface area contributed by atoms with Crippen LogP contribution in [0.3, 0.4) is 0 Å². The predicted molar refractivity (Wildman–Crippen MR) is 512 cm³/mol. The molecule has 4 nitrogen and oxygen atoms in total. The SMILES string of the molecule is CC1(C)c2ccccc2-c2ccc(-c3cc4c(-c5ccc6c(c5)C(C)(C)c5ccccc5-6)cc(-c5ccc(-c6ccc7ccccc7n6)cc5)nc4c4ccccc34)cc21.c1ccc(-c2ccc(-c3cc4c(-c5ccc(-c6ccccc6)cc5)cc(-c5ccc(-c6cc(-c7ccccc7)cc(-c7ccccc7)n6)cc5)nc4c4ccccc34)cc2)cc1. The molecule has 0 atom stereocenters. The Morgan fingerprint density at radius 2 is 0.459 bits per heavy atom. The number of pyridine rings is 4. The second-order valence-corrected chi connectivity index (χ2v) is 33.5. The molecule has 0 N–H and O–H groups in total. The fourth-order valence-corrected chi connectivity index (χ4v) is 19.1. The maximum absolute atomic E-state index is 5.56. The minimum atomic E-state index is -0.118. The normalized spacial score (nSPS) is 12.7. The lowest BCUT2D eigenvalue weighted by atomic mass is 9.81. The molecule has 4 aromatic heterocycles. The van der Waals surface area contributed by atoms with Gasteiger partial charge in [-0.2, -0.15) is 0 Å². The summed E-state index contributed by atoms with van der Waals surface area (Å²) in [5.74, 6) is 0. The van der Waals surface area contributed by atoms with Gasteiger partial charge in [0.2, 0.25) is 0 Å². The molecule has 23 rings (SSSR count). The van der Waals surface area contributed by atoms with Gasteiger partial charge in [0.05, 0.1) is 45.0 Å². The van der Waals surface area contributed by atoms with Gasteiger partial charge in [0.1, 0.15) is 0 Å². The second-order valence-electron chi connectivity index (χ2n) is 33.5. The number of fused-ring (bicyclic) bond motifs is 13. The Labute approximate surface area is 711 Å². The van der Waals surface area contributed by atoms with Crippen molar-refractivity contribution in [2.45, 2.75) is 38.5 Å². The van der Waals surface area contributed by atoms with E-state index in [1.165, 1.54) is 111 Å². The zero-order valence-corrected chi connectivity index (χ0v) is 68.2. The molecule has 0 aliphatic heterocycles. The summed E-state index contributed by atoms with van der Waals surface area (Å²) in [4.78, 5) is 21.3. The molecule has 4 heteroatoms. The third-order valence-electron chi connectivity index (χ3n) is 25.6. The summed E-state index contributed by atoms with van der Waals surface area (Å²) in [6.45, 7) is 9.45. The van der Waals surface area contributed by atoms with E-state index in [0.717, 1.165) is 122 Å². The largest absolute Gasteiger partial charge is 0.248 e. The van der Waals surface area contributed by atoms with Crippen LogP contribution in [0.1, 0.15) is 49.9 Å². The van der Waals surface area contributed by atoms with Crippen LogP contribution in [0.5, 0.6) is 0 Å². The lowest BCUT2D eigenvalue weighted by Crippen LogP contribution is -2.15. The van der Waals surface area contributed by atoms with E-state index in [1.54, 1.807) is 0 Å². The number of nitrogens with zero attached hydrogens (tertiary/aromatic N) is 4. The van der Waals surface area contributed by atoms with Gasteiger partial charge in [-0.1, -0.05) is 392 Å². The Bertz CT molecular complexity index is 7610. The summed E-state index contributed by atoms with van der Waals surface area (Å²) in [6.07, 6.45) is 0. The van der Waals surface area contributed by atoms with Gasteiger partial charge in [-0.25, -0.2) is 19.9 Å². The van der Waals surface area contributed by atoms with E-state index in [0.29, 0.717) is 0 Å². The molecule has 0 unspecified atom stereocenters. The van der Waals surface area contributed by atoms with Gasteiger partial charge >= 0.3 is 0 Å². The first-order valence-electron chi connectivity index (χ1n) is 42.2. The number of hydrogen-bond acceptors (Lipinski definition) is 4. The lowest BCUT2D eigenvalue weighted by Gasteiger charge is -2.23. The summed E-state index contributed by atoms with van der Waals surface area (Å²) in [7, 11) is 0. The van der Waals surface area contributed by atoms with E-state index in [2.05, 4.69) is 440 Å². The van der Waals surface area contributed by atoms with Crippen LogP contribution in [-0.4, -0.2) is 19.9 Å². The summed E-state index contributed by atoms with van der Waals surface area (Å²) < 4.78 is 0. The molecular weight excluding hydrogens is 1470 g/mol. The first-order chi connectivity index (χ1) is 59.9. The van der Waals surface area contributed by atoms with Gasteiger partial charge < -0.3 is 0 Å². The van der Waals surface area contributed by atoms with Crippen LogP contribution < -0.4 is 0 Å².